The molecule has 2 aromatic heterocycles. The van der Waals surface area contributed by atoms with Crippen LogP contribution < -0.4 is 4.90 Å². The van der Waals surface area contributed by atoms with Gasteiger partial charge in [0.2, 0.25) is 11.7 Å². The summed E-state index contributed by atoms with van der Waals surface area (Å²) in [6.45, 7) is 7.46. The number of fused-ring (bicyclic) bond motifs is 1. The van der Waals surface area contributed by atoms with Crippen molar-refractivity contribution in [2.45, 2.75) is 19.9 Å². The minimum Gasteiger partial charge on any atom is -0.367 e. The summed E-state index contributed by atoms with van der Waals surface area (Å²) in [7, 11) is 0. The van der Waals surface area contributed by atoms with Crippen molar-refractivity contribution in [3.8, 4) is 17.5 Å². The summed E-state index contributed by atoms with van der Waals surface area (Å²) >= 11 is 0. The number of rotatable bonds is 4. The Kier molecular flexibility index (Phi) is 5.29. The minimum absolute atomic E-state index is 0.0217. The van der Waals surface area contributed by atoms with Crippen molar-refractivity contribution in [2.75, 3.05) is 31.1 Å². The highest BCUT2D eigenvalue weighted by Gasteiger charge is 2.27. The molecule has 1 aliphatic rings. The van der Waals surface area contributed by atoms with Gasteiger partial charge >= 0.3 is 0 Å². The molecule has 0 bridgehead atoms. The molecule has 3 heterocycles. The Balaban J connectivity index is 1.32. The van der Waals surface area contributed by atoms with Crippen LogP contribution in [0.2, 0.25) is 0 Å². The molecule has 0 spiro atoms. The molecule has 7 heteroatoms. The molecule has 0 amide bonds. The number of aromatic nitrogens is 3. The lowest BCUT2D eigenvalue weighted by molar-refractivity contribution is 0.164. The Labute approximate surface area is 186 Å². The van der Waals surface area contributed by atoms with Gasteiger partial charge in [-0.25, -0.2) is 0 Å². The number of hydrogen-bond acceptors (Lipinski definition) is 7. The number of anilines is 1. The molecule has 1 saturated heterocycles. The van der Waals surface area contributed by atoms with Crippen LogP contribution in [0.5, 0.6) is 0 Å². The largest absolute Gasteiger partial charge is 0.367 e. The van der Waals surface area contributed by atoms with Crippen molar-refractivity contribution < 1.29 is 4.52 Å². The number of aryl methyl sites for hydroxylation is 1. The van der Waals surface area contributed by atoms with Crippen LogP contribution in [0.25, 0.3) is 22.3 Å². The summed E-state index contributed by atoms with van der Waals surface area (Å²) in [5.41, 5.74) is 4.66. The topological polar surface area (TPSA) is 82.1 Å². The number of hydrogen-bond donors (Lipinski definition) is 0. The van der Waals surface area contributed by atoms with Gasteiger partial charge in [0.05, 0.1) is 22.8 Å². The Morgan fingerprint density at radius 1 is 1.03 bits per heavy atom. The van der Waals surface area contributed by atoms with Gasteiger partial charge in [-0.15, -0.1) is 0 Å². The maximum atomic E-state index is 9.65. The highest BCUT2D eigenvalue weighted by atomic mass is 16.5. The summed E-state index contributed by atoms with van der Waals surface area (Å²) in [4.78, 5) is 13.7. The Morgan fingerprint density at radius 3 is 2.53 bits per heavy atom. The zero-order chi connectivity index (χ0) is 22.1. The van der Waals surface area contributed by atoms with Gasteiger partial charge in [-0.05, 0) is 19.9 Å². The monoisotopic (exact) mass is 424 g/mol. The van der Waals surface area contributed by atoms with Crippen molar-refractivity contribution in [3.05, 3.63) is 71.7 Å². The zero-order valence-electron chi connectivity index (χ0n) is 18.2. The number of para-hydroxylation sites is 1. The Bertz CT molecular complexity index is 1280. The maximum absolute atomic E-state index is 9.65. The van der Waals surface area contributed by atoms with Crippen LogP contribution in [0.15, 0.2) is 59.3 Å². The average molecular weight is 425 g/mol. The van der Waals surface area contributed by atoms with Crippen LogP contribution in [-0.2, 0) is 0 Å². The van der Waals surface area contributed by atoms with Crippen molar-refractivity contribution in [2.24, 2.45) is 0 Å². The molecule has 0 aliphatic carbocycles. The van der Waals surface area contributed by atoms with Gasteiger partial charge in [0, 0.05) is 43.3 Å². The number of pyridine rings is 1. The van der Waals surface area contributed by atoms with Gasteiger partial charge in [0.25, 0.3) is 0 Å². The molecular weight excluding hydrogens is 400 g/mol. The van der Waals surface area contributed by atoms with E-state index in [-0.39, 0.29) is 6.04 Å². The van der Waals surface area contributed by atoms with Crippen molar-refractivity contribution >= 4 is 16.6 Å². The second-order valence-corrected chi connectivity index (χ2v) is 8.17. The van der Waals surface area contributed by atoms with E-state index in [1.807, 2.05) is 48.5 Å². The molecular formula is C25H24N6O. The van der Waals surface area contributed by atoms with E-state index in [9.17, 15) is 5.26 Å². The number of benzene rings is 2. The van der Waals surface area contributed by atoms with E-state index in [1.165, 1.54) is 5.56 Å². The molecule has 160 valence electrons. The molecule has 1 aliphatic heterocycles. The third kappa shape index (κ3) is 3.70. The first-order chi connectivity index (χ1) is 15.6. The lowest BCUT2D eigenvalue weighted by Crippen LogP contribution is -2.47. The SMILES string of the molecule is Cc1ccc(-c2noc(C(C)N3CCN(c4c(C#N)cnc5ccccc45)CC3)n2)cc1. The van der Waals surface area contributed by atoms with E-state index < -0.39 is 0 Å². The molecule has 5 rings (SSSR count). The van der Waals surface area contributed by atoms with Gasteiger partial charge in [0.15, 0.2) is 0 Å². The van der Waals surface area contributed by atoms with Crippen LogP contribution in [-0.4, -0.2) is 46.2 Å². The number of nitriles is 1. The standard InChI is InChI=1S/C25H24N6O/c1-17-7-9-19(10-8-17)24-28-25(32-29-24)18(2)30-11-13-31(14-12-30)23-20(15-26)16-27-22-6-4-3-5-21(22)23/h3-10,16,18H,11-14H2,1-2H3. The summed E-state index contributed by atoms with van der Waals surface area (Å²) < 4.78 is 5.60. The van der Waals surface area contributed by atoms with Crippen molar-refractivity contribution in [3.63, 3.8) is 0 Å². The normalized spacial score (nSPS) is 15.6. The summed E-state index contributed by atoms with van der Waals surface area (Å²) in [5, 5.41) is 14.9. The average Bonchev–Trinajstić information content (AvgIpc) is 3.34. The minimum atomic E-state index is 0.0217. The molecule has 32 heavy (non-hydrogen) atoms. The smallest absolute Gasteiger partial charge is 0.244 e. The highest BCUT2D eigenvalue weighted by molar-refractivity contribution is 5.94. The van der Waals surface area contributed by atoms with E-state index in [0.717, 1.165) is 48.3 Å². The highest BCUT2D eigenvalue weighted by Crippen LogP contribution is 2.31. The Hall–Kier alpha value is -3.76. The quantitative estimate of drug-likeness (QED) is 0.482. The first-order valence-corrected chi connectivity index (χ1v) is 10.8. The molecule has 7 nitrogen and oxygen atoms in total. The van der Waals surface area contributed by atoms with Gasteiger partial charge in [-0.2, -0.15) is 10.2 Å². The van der Waals surface area contributed by atoms with Crippen LogP contribution in [0.3, 0.4) is 0 Å². The fourth-order valence-corrected chi connectivity index (χ4v) is 4.26. The number of piperazine rings is 1. The third-order valence-corrected chi connectivity index (χ3v) is 6.15. The van der Waals surface area contributed by atoms with Crippen LogP contribution in [0, 0.1) is 18.3 Å². The van der Waals surface area contributed by atoms with Crippen LogP contribution >= 0.6 is 0 Å². The van der Waals surface area contributed by atoms with Crippen LogP contribution in [0.4, 0.5) is 5.69 Å². The van der Waals surface area contributed by atoms with E-state index in [2.05, 4.69) is 44.8 Å². The second-order valence-electron chi connectivity index (χ2n) is 8.17. The molecule has 2 aromatic carbocycles. The maximum Gasteiger partial charge on any atom is 0.244 e. The van der Waals surface area contributed by atoms with Gasteiger partial charge in [0.1, 0.15) is 6.07 Å². The summed E-state index contributed by atoms with van der Waals surface area (Å²) in [6, 6.07) is 18.5. The number of nitrogens with zero attached hydrogens (tertiary/aromatic N) is 6. The molecule has 4 aromatic rings. The molecule has 1 atom stereocenters. The molecule has 0 saturated carbocycles. The van der Waals surface area contributed by atoms with E-state index in [4.69, 9.17) is 4.52 Å². The third-order valence-electron chi connectivity index (χ3n) is 6.15. The second kappa shape index (κ2) is 8.40. The van der Waals surface area contributed by atoms with E-state index >= 15 is 0 Å². The van der Waals surface area contributed by atoms with E-state index in [0.29, 0.717) is 17.3 Å². The predicted molar refractivity (Wildman–Crippen MR) is 123 cm³/mol. The van der Waals surface area contributed by atoms with Crippen molar-refractivity contribution in [1.29, 1.82) is 5.26 Å². The predicted octanol–water partition coefficient (Wildman–Crippen LogP) is 4.35. The van der Waals surface area contributed by atoms with Gasteiger partial charge in [-0.1, -0.05) is 53.2 Å². The molecule has 0 radical (unpaired) electrons. The molecule has 0 N–H and O–H groups in total. The summed E-state index contributed by atoms with van der Waals surface area (Å²) in [5.74, 6) is 1.24. The van der Waals surface area contributed by atoms with Gasteiger partial charge < -0.3 is 9.42 Å². The lowest BCUT2D eigenvalue weighted by Gasteiger charge is -2.38. The lowest BCUT2D eigenvalue weighted by atomic mass is 10.1. The fraction of sp³-hybridized carbons (Fsp3) is 0.280. The fourth-order valence-electron chi connectivity index (χ4n) is 4.26. The molecule has 1 unspecified atom stereocenters. The van der Waals surface area contributed by atoms with Crippen molar-refractivity contribution in [1.82, 2.24) is 20.0 Å². The van der Waals surface area contributed by atoms with Gasteiger partial charge in [-0.3, -0.25) is 9.88 Å². The summed E-state index contributed by atoms with van der Waals surface area (Å²) in [6.07, 6.45) is 1.68. The molecule has 1 fully saturated rings. The first-order valence-electron chi connectivity index (χ1n) is 10.8. The van der Waals surface area contributed by atoms with E-state index in [1.54, 1.807) is 6.20 Å². The van der Waals surface area contributed by atoms with Crippen LogP contribution in [0.1, 0.15) is 30.0 Å². The first kappa shape index (κ1) is 20.2. The zero-order valence-corrected chi connectivity index (χ0v) is 18.2. The Morgan fingerprint density at radius 2 is 1.78 bits per heavy atom.